The van der Waals surface area contributed by atoms with Crippen LogP contribution in [0.2, 0.25) is 0 Å². The van der Waals surface area contributed by atoms with Crippen molar-refractivity contribution in [1.29, 1.82) is 0 Å². The number of nitrogens with one attached hydrogen (secondary N) is 4. The number of H-pyrrole nitrogens is 2. The van der Waals surface area contributed by atoms with E-state index in [2.05, 4.69) is 54.3 Å². The maximum Gasteiger partial charge on any atom is 0.405 e. The van der Waals surface area contributed by atoms with Gasteiger partial charge in [-0.05, 0) is 98.7 Å². The molecule has 274 valence electrons. The van der Waals surface area contributed by atoms with Crippen LogP contribution < -0.4 is 10.6 Å². The Bertz CT molecular complexity index is 1710. The summed E-state index contributed by atoms with van der Waals surface area (Å²) in [6, 6.07) is -2.09. The standard InChI is InChI=1S/C36H42N8O8/c45-33(29(41-35(47)48)19-5-9-51-10-6-19)43-25-13-21(25)15-27(43)31-37-17-23(39-31)3-1-2-4-24-18-38-32(40-24)28-16-22-14-26(22)44(28)34(46)30(42-36(49)50)20-7-11-52-12-8-20/h17-22,25-30,41-42H,5-16H2,(H,37,39)(H,38,40)(H,47,48)(H,49,50)/t21-,22-,25-,26-,27+,28+,29+,30+/m1/s1. The Balaban J connectivity index is 0.926. The SMILES string of the molecule is O=C(O)N[C@H](C(=O)N1[C@@H]2C[C@@H]2C[C@H]1c1nc(C#CC#Cc2c[nH]c([C@@H]3C[C@H]4C[C@H]4N3C(=O)[C@@H](NC(=O)O)C3CCOCC3)n2)c[nH]1)C1CCOCC1. The summed E-state index contributed by atoms with van der Waals surface area (Å²) in [7, 11) is 0. The van der Waals surface area contributed by atoms with E-state index >= 15 is 0 Å². The normalized spacial score (nSPS) is 29.0. The number of aromatic nitrogens is 4. The van der Waals surface area contributed by atoms with Crippen molar-refractivity contribution in [3.8, 4) is 23.7 Å². The maximum absolute atomic E-state index is 13.9. The van der Waals surface area contributed by atoms with Gasteiger partial charge in [0.05, 0.1) is 12.1 Å². The number of nitrogens with zero attached hydrogens (tertiary/aromatic N) is 4. The molecule has 4 amide bonds. The molecule has 6 fully saturated rings. The highest BCUT2D eigenvalue weighted by molar-refractivity contribution is 5.87. The average molecular weight is 715 g/mol. The number of ether oxygens (including phenoxy) is 2. The molecule has 4 aliphatic heterocycles. The van der Waals surface area contributed by atoms with Gasteiger partial charge in [-0.1, -0.05) is 0 Å². The summed E-state index contributed by atoms with van der Waals surface area (Å²) < 4.78 is 10.9. The second-order valence-electron chi connectivity index (χ2n) is 14.7. The molecule has 0 spiro atoms. The van der Waals surface area contributed by atoms with Crippen LogP contribution in [0.15, 0.2) is 12.4 Å². The van der Waals surface area contributed by atoms with Crippen molar-refractivity contribution in [2.75, 3.05) is 26.4 Å². The van der Waals surface area contributed by atoms with Gasteiger partial charge in [-0.25, -0.2) is 19.6 Å². The molecule has 6 heterocycles. The van der Waals surface area contributed by atoms with Crippen molar-refractivity contribution in [2.24, 2.45) is 23.7 Å². The minimum absolute atomic E-state index is 0.0784. The minimum Gasteiger partial charge on any atom is -0.465 e. The predicted octanol–water partition coefficient (Wildman–Crippen LogP) is 1.99. The van der Waals surface area contributed by atoms with Crippen LogP contribution in [0, 0.1) is 47.4 Å². The second-order valence-corrected chi connectivity index (χ2v) is 14.7. The number of amides is 4. The van der Waals surface area contributed by atoms with Crippen LogP contribution in [0.5, 0.6) is 0 Å². The van der Waals surface area contributed by atoms with Gasteiger partial charge in [0.1, 0.15) is 35.1 Å². The van der Waals surface area contributed by atoms with E-state index in [1.807, 2.05) is 9.80 Å². The quantitative estimate of drug-likeness (QED) is 0.219. The molecule has 2 aromatic heterocycles. The molecular weight excluding hydrogens is 672 g/mol. The fourth-order valence-corrected chi connectivity index (χ4v) is 8.82. The van der Waals surface area contributed by atoms with Gasteiger partial charge < -0.3 is 50.1 Å². The first-order valence-corrected chi connectivity index (χ1v) is 18.2. The number of fused-ring (bicyclic) bond motifs is 2. The zero-order valence-electron chi connectivity index (χ0n) is 28.5. The predicted molar refractivity (Wildman–Crippen MR) is 180 cm³/mol. The second kappa shape index (κ2) is 14.2. The van der Waals surface area contributed by atoms with E-state index in [4.69, 9.17) is 9.47 Å². The Hall–Kier alpha value is -5.06. The highest BCUT2D eigenvalue weighted by Gasteiger charge is 2.58. The van der Waals surface area contributed by atoms with Gasteiger partial charge in [0, 0.05) is 50.9 Å². The van der Waals surface area contributed by atoms with Gasteiger partial charge in [-0.2, -0.15) is 0 Å². The fraction of sp³-hybridized carbons (Fsp3) is 0.611. The number of likely N-dealkylation sites (tertiary alicyclic amines) is 2. The van der Waals surface area contributed by atoms with Gasteiger partial charge in [0.2, 0.25) is 11.8 Å². The third-order valence-electron chi connectivity index (χ3n) is 11.6. The van der Waals surface area contributed by atoms with Crippen LogP contribution in [-0.4, -0.2) is 115 Å². The molecule has 4 saturated heterocycles. The fourth-order valence-electron chi connectivity index (χ4n) is 8.82. The Morgan fingerprint density at radius 3 is 1.48 bits per heavy atom. The molecule has 52 heavy (non-hydrogen) atoms. The van der Waals surface area contributed by atoms with Crippen LogP contribution in [0.4, 0.5) is 9.59 Å². The molecule has 2 aliphatic carbocycles. The lowest BCUT2D eigenvalue weighted by molar-refractivity contribution is -0.138. The zero-order chi connectivity index (χ0) is 35.9. The van der Waals surface area contributed by atoms with E-state index in [1.165, 1.54) is 0 Å². The number of imidazole rings is 2. The van der Waals surface area contributed by atoms with Crippen molar-refractivity contribution in [3.05, 3.63) is 35.4 Å². The average Bonchev–Trinajstić information content (AvgIpc) is 3.75. The highest BCUT2D eigenvalue weighted by Crippen LogP contribution is 2.54. The molecule has 8 rings (SSSR count). The van der Waals surface area contributed by atoms with Gasteiger partial charge in [0.25, 0.3) is 0 Å². The summed E-state index contributed by atoms with van der Waals surface area (Å²) >= 11 is 0. The monoisotopic (exact) mass is 714 g/mol. The third-order valence-corrected chi connectivity index (χ3v) is 11.6. The van der Waals surface area contributed by atoms with E-state index < -0.39 is 24.3 Å². The number of hydrogen-bond acceptors (Lipinski definition) is 8. The number of carbonyl (C=O) groups is 4. The Kier molecular flexibility index (Phi) is 9.27. The van der Waals surface area contributed by atoms with E-state index in [1.54, 1.807) is 12.4 Å². The molecule has 0 radical (unpaired) electrons. The molecule has 16 heteroatoms. The zero-order valence-corrected chi connectivity index (χ0v) is 28.5. The van der Waals surface area contributed by atoms with Crippen molar-refractivity contribution in [3.63, 3.8) is 0 Å². The summed E-state index contributed by atoms with van der Waals surface area (Å²) in [5.41, 5.74) is 0.941. The van der Waals surface area contributed by atoms with Crippen LogP contribution in [0.3, 0.4) is 0 Å². The first kappa shape index (κ1) is 34.0. The number of carbonyl (C=O) groups excluding carboxylic acids is 2. The summed E-state index contributed by atoms with van der Waals surface area (Å²) in [4.78, 5) is 70.3. The van der Waals surface area contributed by atoms with Crippen LogP contribution in [0.25, 0.3) is 0 Å². The number of piperidine rings is 2. The van der Waals surface area contributed by atoms with Gasteiger partial charge in [0.15, 0.2) is 0 Å². The number of carboxylic acid groups (broad SMARTS) is 2. The minimum atomic E-state index is -1.22. The van der Waals surface area contributed by atoms with Crippen molar-refractivity contribution < 1.29 is 38.9 Å². The smallest absolute Gasteiger partial charge is 0.405 e. The van der Waals surface area contributed by atoms with E-state index in [-0.39, 0.29) is 47.8 Å². The number of aromatic amines is 2. The third kappa shape index (κ3) is 6.92. The summed E-state index contributed by atoms with van der Waals surface area (Å²) in [5.74, 6) is 12.8. The Morgan fingerprint density at radius 2 is 1.10 bits per heavy atom. The Labute approximate surface area is 299 Å². The molecule has 2 aromatic rings. The van der Waals surface area contributed by atoms with E-state index in [0.717, 1.165) is 25.7 Å². The van der Waals surface area contributed by atoms with Crippen molar-refractivity contribution in [1.82, 2.24) is 40.4 Å². The molecule has 6 aliphatic rings. The topological polar surface area (TPSA) is 215 Å². The summed E-state index contributed by atoms with van der Waals surface area (Å²) in [6.45, 7) is 2.01. The van der Waals surface area contributed by atoms with E-state index in [9.17, 15) is 29.4 Å². The van der Waals surface area contributed by atoms with Crippen molar-refractivity contribution in [2.45, 2.75) is 87.6 Å². The van der Waals surface area contributed by atoms with Crippen LogP contribution in [0.1, 0.15) is 86.5 Å². The molecular formula is C36H42N8O8. The number of rotatable bonds is 8. The van der Waals surface area contributed by atoms with Gasteiger partial charge in [-0.3, -0.25) is 9.59 Å². The summed E-state index contributed by atoms with van der Waals surface area (Å²) in [6.07, 6.45) is 6.72. The first-order valence-electron chi connectivity index (χ1n) is 18.2. The molecule has 0 aromatic carbocycles. The maximum atomic E-state index is 13.9. The Morgan fingerprint density at radius 1 is 0.692 bits per heavy atom. The van der Waals surface area contributed by atoms with Crippen molar-refractivity contribution >= 4 is 24.0 Å². The summed E-state index contributed by atoms with van der Waals surface area (Å²) in [5, 5.41) is 24.0. The van der Waals surface area contributed by atoms with Crippen LogP contribution >= 0.6 is 0 Å². The van der Waals surface area contributed by atoms with Gasteiger partial charge >= 0.3 is 12.2 Å². The molecule has 2 saturated carbocycles. The lowest BCUT2D eigenvalue weighted by atomic mass is 9.90. The molecule has 8 atom stereocenters. The first-order chi connectivity index (χ1) is 25.2. The van der Waals surface area contributed by atoms with Gasteiger partial charge in [-0.15, -0.1) is 0 Å². The lowest BCUT2D eigenvalue weighted by Gasteiger charge is -2.35. The highest BCUT2D eigenvalue weighted by atomic mass is 16.5. The molecule has 0 bridgehead atoms. The van der Waals surface area contributed by atoms with Crippen LogP contribution in [-0.2, 0) is 19.1 Å². The largest absolute Gasteiger partial charge is 0.465 e. The molecule has 0 unspecified atom stereocenters. The lowest BCUT2D eigenvalue weighted by Crippen LogP contribution is -2.53. The molecule has 16 nitrogen and oxygen atoms in total. The number of hydrogen-bond donors (Lipinski definition) is 6. The van der Waals surface area contributed by atoms with E-state index in [0.29, 0.717) is 87.0 Å². The molecule has 6 N–H and O–H groups in total.